The van der Waals surface area contributed by atoms with Gasteiger partial charge in [0.1, 0.15) is 0 Å². The van der Waals surface area contributed by atoms with E-state index in [1.807, 2.05) is 49.7 Å². The van der Waals surface area contributed by atoms with E-state index >= 15 is 0 Å². The second kappa shape index (κ2) is 10.8. The number of carbonyl (C=O) groups is 1. The van der Waals surface area contributed by atoms with E-state index in [4.69, 9.17) is 0 Å². The summed E-state index contributed by atoms with van der Waals surface area (Å²) in [5.74, 6) is -2.28. The molecule has 0 heterocycles. The molecule has 0 radical (unpaired) electrons. The SMILES string of the molecule is CC[C@H](C[C@H](CC)S(=O)(=O)c1cccc(CNOC(=O)C(F)(F)F)c1)c1ccccc1. The third-order valence-corrected chi connectivity index (χ3v) is 7.42. The molecule has 9 heteroatoms. The van der Waals surface area contributed by atoms with Gasteiger partial charge in [-0.3, -0.25) is 0 Å². The van der Waals surface area contributed by atoms with Crippen LogP contribution >= 0.6 is 0 Å². The average Bonchev–Trinajstić information content (AvgIpc) is 2.74. The van der Waals surface area contributed by atoms with Crippen molar-refractivity contribution in [2.75, 3.05) is 0 Å². The van der Waals surface area contributed by atoms with Gasteiger partial charge < -0.3 is 4.84 Å². The first-order valence-electron chi connectivity index (χ1n) is 9.98. The van der Waals surface area contributed by atoms with E-state index in [0.717, 1.165) is 12.0 Å². The molecule has 0 amide bonds. The summed E-state index contributed by atoms with van der Waals surface area (Å²) in [5.41, 5.74) is 3.39. The zero-order chi connectivity index (χ0) is 23.1. The van der Waals surface area contributed by atoms with E-state index in [9.17, 15) is 26.4 Å². The van der Waals surface area contributed by atoms with Gasteiger partial charge in [-0.05, 0) is 48.4 Å². The molecule has 0 aliphatic heterocycles. The second-order valence-corrected chi connectivity index (χ2v) is 9.41. The first kappa shape index (κ1) is 24.9. The fourth-order valence-corrected chi connectivity index (χ4v) is 5.25. The Morgan fingerprint density at radius 2 is 1.71 bits per heavy atom. The lowest BCUT2D eigenvalue weighted by Crippen LogP contribution is -2.31. The number of carbonyl (C=O) groups excluding carboxylic acids is 1. The van der Waals surface area contributed by atoms with Gasteiger partial charge in [0.15, 0.2) is 9.84 Å². The molecule has 1 N–H and O–H groups in total. The van der Waals surface area contributed by atoms with Crippen molar-refractivity contribution in [1.82, 2.24) is 5.48 Å². The van der Waals surface area contributed by atoms with Gasteiger partial charge in [0, 0.05) is 0 Å². The molecule has 0 saturated carbocycles. The van der Waals surface area contributed by atoms with E-state index in [2.05, 4.69) is 4.84 Å². The maximum absolute atomic E-state index is 13.3. The summed E-state index contributed by atoms with van der Waals surface area (Å²) in [6.07, 6.45) is -3.42. The van der Waals surface area contributed by atoms with Gasteiger partial charge in [0.05, 0.1) is 16.7 Å². The van der Waals surface area contributed by atoms with Crippen molar-refractivity contribution in [2.45, 2.75) is 61.9 Å². The molecule has 0 aromatic heterocycles. The van der Waals surface area contributed by atoms with Crippen molar-refractivity contribution < 1.29 is 31.2 Å². The number of nitrogens with one attached hydrogen (secondary N) is 1. The molecule has 0 saturated heterocycles. The monoisotopic (exact) mass is 457 g/mol. The van der Waals surface area contributed by atoms with Gasteiger partial charge in [-0.25, -0.2) is 13.2 Å². The number of alkyl halides is 3. The summed E-state index contributed by atoms with van der Waals surface area (Å²) in [5, 5.41) is -0.607. The first-order valence-corrected chi connectivity index (χ1v) is 11.5. The number of hydrogen-bond donors (Lipinski definition) is 1. The molecule has 0 spiro atoms. The Bertz CT molecular complexity index is 962. The van der Waals surface area contributed by atoms with Gasteiger partial charge in [0.2, 0.25) is 0 Å². The van der Waals surface area contributed by atoms with E-state index in [-0.39, 0.29) is 17.4 Å². The minimum Gasteiger partial charge on any atom is -0.363 e. The Kier molecular flexibility index (Phi) is 8.64. The molecule has 2 aromatic rings. The molecule has 0 aliphatic rings. The Morgan fingerprint density at radius 3 is 2.29 bits per heavy atom. The molecule has 2 atom stereocenters. The summed E-state index contributed by atoms with van der Waals surface area (Å²) in [7, 11) is -3.67. The van der Waals surface area contributed by atoms with Crippen LogP contribution in [0.4, 0.5) is 13.2 Å². The van der Waals surface area contributed by atoms with Crippen LogP contribution in [0.5, 0.6) is 0 Å². The highest BCUT2D eigenvalue weighted by molar-refractivity contribution is 7.92. The van der Waals surface area contributed by atoms with E-state index in [1.54, 1.807) is 0 Å². The first-order chi connectivity index (χ1) is 14.6. The van der Waals surface area contributed by atoms with Crippen molar-refractivity contribution in [3.8, 4) is 0 Å². The Labute approximate surface area is 180 Å². The maximum Gasteiger partial charge on any atom is 0.492 e. The predicted molar refractivity (Wildman–Crippen MR) is 111 cm³/mol. The largest absolute Gasteiger partial charge is 0.492 e. The third-order valence-electron chi connectivity index (χ3n) is 5.10. The van der Waals surface area contributed by atoms with Crippen LogP contribution in [0.1, 0.15) is 50.2 Å². The summed E-state index contributed by atoms with van der Waals surface area (Å²) >= 11 is 0. The predicted octanol–water partition coefficient (Wildman–Crippen LogP) is 4.93. The van der Waals surface area contributed by atoms with Crippen LogP contribution < -0.4 is 5.48 Å². The molecule has 0 fully saturated rings. The molecule has 2 rings (SSSR count). The molecular formula is C22H26F3NO4S. The van der Waals surface area contributed by atoms with E-state index in [1.165, 1.54) is 24.3 Å². The molecule has 0 unspecified atom stereocenters. The molecule has 2 aromatic carbocycles. The highest BCUT2D eigenvalue weighted by atomic mass is 32.2. The van der Waals surface area contributed by atoms with Crippen molar-refractivity contribution >= 4 is 15.8 Å². The smallest absolute Gasteiger partial charge is 0.363 e. The second-order valence-electron chi connectivity index (χ2n) is 7.18. The number of benzene rings is 2. The molecule has 31 heavy (non-hydrogen) atoms. The third kappa shape index (κ3) is 6.80. The zero-order valence-electron chi connectivity index (χ0n) is 17.4. The van der Waals surface area contributed by atoms with Crippen molar-refractivity contribution in [2.24, 2.45) is 0 Å². The number of hydroxylamine groups is 1. The van der Waals surface area contributed by atoms with Crippen LogP contribution in [0.3, 0.4) is 0 Å². The normalized spacial score (nSPS) is 14.1. The molecule has 170 valence electrons. The number of sulfone groups is 1. The fraction of sp³-hybridized carbons (Fsp3) is 0.409. The van der Waals surface area contributed by atoms with Crippen molar-refractivity contribution in [3.05, 3.63) is 65.7 Å². The Balaban J connectivity index is 2.14. The number of halogens is 3. The number of hydrogen-bond acceptors (Lipinski definition) is 5. The van der Waals surface area contributed by atoms with Gasteiger partial charge in [-0.2, -0.15) is 13.2 Å². The van der Waals surface area contributed by atoms with E-state index < -0.39 is 27.2 Å². The number of rotatable bonds is 10. The summed E-state index contributed by atoms with van der Waals surface area (Å²) in [4.78, 5) is 14.8. The summed E-state index contributed by atoms with van der Waals surface area (Å²) in [6.45, 7) is 3.58. The highest BCUT2D eigenvalue weighted by Crippen LogP contribution is 2.31. The minimum absolute atomic E-state index is 0.0868. The lowest BCUT2D eigenvalue weighted by Gasteiger charge is -2.23. The molecular weight excluding hydrogens is 431 g/mol. The van der Waals surface area contributed by atoms with Crippen LogP contribution in [0.2, 0.25) is 0 Å². The summed E-state index contributed by atoms with van der Waals surface area (Å²) in [6, 6.07) is 15.6. The van der Waals surface area contributed by atoms with Crippen LogP contribution in [0.15, 0.2) is 59.5 Å². The van der Waals surface area contributed by atoms with Crippen molar-refractivity contribution in [1.29, 1.82) is 0 Å². The standard InChI is InChI=1S/C22H26F3NO4S/c1-3-17(18-10-6-5-7-11-18)14-19(4-2)31(28,29)20-12-8-9-16(13-20)15-26-30-21(27)22(23,24)25/h5-13,17,19,26H,3-4,14-15H2,1-2H3/t17-,19+/m1/s1. The van der Waals surface area contributed by atoms with Crippen LogP contribution in [-0.4, -0.2) is 25.8 Å². The lowest BCUT2D eigenvalue weighted by atomic mass is 9.91. The van der Waals surface area contributed by atoms with Crippen LogP contribution in [0.25, 0.3) is 0 Å². The van der Waals surface area contributed by atoms with Crippen molar-refractivity contribution in [3.63, 3.8) is 0 Å². The quantitative estimate of drug-likeness (QED) is 0.512. The van der Waals surface area contributed by atoms with Gasteiger partial charge >= 0.3 is 12.1 Å². The van der Waals surface area contributed by atoms with Gasteiger partial charge in [-0.1, -0.05) is 56.3 Å². The molecule has 5 nitrogen and oxygen atoms in total. The fourth-order valence-electron chi connectivity index (χ4n) is 3.36. The van der Waals surface area contributed by atoms with Gasteiger partial charge in [0.25, 0.3) is 0 Å². The lowest BCUT2D eigenvalue weighted by molar-refractivity contribution is -0.207. The highest BCUT2D eigenvalue weighted by Gasteiger charge is 2.41. The topological polar surface area (TPSA) is 72.5 Å². The zero-order valence-corrected chi connectivity index (χ0v) is 18.2. The molecule has 0 aliphatic carbocycles. The summed E-state index contributed by atoms with van der Waals surface area (Å²) < 4.78 is 63.1. The molecule has 0 bridgehead atoms. The van der Waals surface area contributed by atoms with Gasteiger partial charge in [-0.15, -0.1) is 5.48 Å². The average molecular weight is 458 g/mol. The van der Waals surface area contributed by atoms with Crippen LogP contribution in [0, 0.1) is 0 Å². The minimum atomic E-state index is -5.11. The van der Waals surface area contributed by atoms with Crippen LogP contribution in [-0.2, 0) is 26.0 Å². The Hall–Kier alpha value is -2.39. The van der Waals surface area contributed by atoms with E-state index in [0.29, 0.717) is 18.4 Å². The maximum atomic E-state index is 13.3. The Morgan fingerprint density at radius 1 is 1.03 bits per heavy atom.